The van der Waals surface area contributed by atoms with Crippen LogP contribution in [0.5, 0.6) is 0 Å². The molecule has 2 aliphatic rings. The number of carbonyl (C=O) groups excluding carboxylic acids is 1. The summed E-state index contributed by atoms with van der Waals surface area (Å²) in [6, 6.07) is 0. The Bertz CT molecular complexity index is 778. The van der Waals surface area contributed by atoms with E-state index in [1.807, 2.05) is 0 Å². The number of rotatable bonds is 8. The Balaban J connectivity index is 1.91. The fourth-order valence-electron chi connectivity index (χ4n) is 2.43. The number of aliphatic hydroxyl groups excluding tert-OH is 1. The fourth-order valence-corrected chi connectivity index (χ4v) is 2.43. The second kappa shape index (κ2) is 6.94. The van der Waals surface area contributed by atoms with E-state index in [2.05, 4.69) is 4.74 Å². The molecule has 0 aliphatic carbocycles. The van der Waals surface area contributed by atoms with Crippen molar-refractivity contribution in [3.8, 4) is 0 Å². The summed E-state index contributed by atoms with van der Waals surface area (Å²) in [5.74, 6) is -0.681. The van der Waals surface area contributed by atoms with Gasteiger partial charge in [-0.1, -0.05) is 0 Å². The number of hydrogen-bond acceptors (Lipinski definition) is 8. The van der Waals surface area contributed by atoms with Crippen LogP contribution >= 0.6 is 0 Å². The third kappa shape index (κ3) is 4.24. The van der Waals surface area contributed by atoms with Crippen LogP contribution in [-0.2, 0) is 38.6 Å². The number of aromatic nitrogens is 3. The average Bonchev–Trinajstić information content (AvgIpc) is 3.43. The van der Waals surface area contributed by atoms with Crippen LogP contribution in [0.2, 0.25) is 0 Å². The maximum atomic E-state index is 12.5. The van der Waals surface area contributed by atoms with Gasteiger partial charge in [-0.25, -0.2) is 28.1 Å². The number of aliphatic hydroxyl groups is 1. The molecule has 1 aromatic rings. The van der Waals surface area contributed by atoms with E-state index in [0.29, 0.717) is 13.2 Å². The minimum Gasteiger partial charge on any atom is -0.436 e. The molecule has 138 valence electrons. The summed E-state index contributed by atoms with van der Waals surface area (Å²) in [6.45, 7) is 1.92. The summed E-state index contributed by atoms with van der Waals surface area (Å²) in [4.78, 5) is 48.3. The van der Waals surface area contributed by atoms with Crippen LogP contribution in [0.15, 0.2) is 14.4 Å². The molecular weight excluding hydrogens is 338 g/mol. The van der Waals surface area contributed by atoms with Crippen LogP contribution in [0.4, 0.5) is 0 Å². The normalized spacial score (nSPS) is 22.5. The number of ether oxygens (including phenoxy) is 3. The number of epoxide rings is 2. The van der Waals surface area contributed by atoms with E-state index in [9.17, 15) is 24.3 Å². The summed E-state index contributed by atoms with van der Waals surface area (Å²) < 4.78 is 17.4. The summed E-state index contributed by atoms with van der Waals surface area (Å²) in [5, 5.41) is 9.59. The second-order valence-corrected chi connectivity index (χ2v) is 5.98. The van der Waals surface area contributed by atoms with Gasteiger partial charge in [0.1, 0.15) is 0 Å². The lowest BCUT2D eigenvalue weighted by Crippen LogP contribution is -2.55. The van der Waals surface area contributed by atoms with Crippen molar-refractivity contribution in [1.29, 1.82) is 0 Å². The van der Waals surface area contributed by atoms with Crippen molar-refractivity contribution in [3.63, 3.8) is 0 Å². The molecule has 1 aromatic heterocycles. The Morgan fingerprint density at radius 1 is 1.08 bits per heavy atom. The first kappa shape index (κ1) is 17.6. The van der Waals surface area contributed by atoms with E-state index in [4.69, 9.17) is 9.47 Å². The maximum Gasteiger partial charge on any atom is 0.336 e. The van der Waals surface area contributed by atoms with Crippen molar-refractivity contribution >= 4 is 5.97 Å². The summed E-state index contributed by atoms with van der Waals surface area (Å²) in [7, 11) is 0. The van der Waals surface area contributed by atoms with Crippen molar-refractivity contribution in [2.75, 3.05) is 13.2 Å². The van der Waals surface area contributed by atoms with Crippen molar-refractivity contribution in [1.82, 2.24) is 13.7 Å². The molecule has 0 saturated carbocycles. The highest BCUT2D eigenvalue weighted by atomic mass is 16.6. The molecule has 3 atom stereocenters. The molecule has 11 nitrogen and oxygen atoms in total. The first-order valence-corrected chi connectivity index (χ1v) is 7.89. The van der Waals surface area contributed by atoms with Crippen LogP contribution in [0.1, 0.15) is 13.3 Å². The summed E-state index contributed by atoms with van der Waals surface area (Å²) in [6.07, 6.45) is -2.06. The third-order valence-electron chi connectivity index (χ3n) is 3.86. The van der Waals surface area contributed by atoms with Gasteiger partial charge in [0, 0.05) is 19.9 Å². The number of hydrogen-bond donors (Lipinski definition) is 1. The van der Waals surface area contributed by atoms with Gasteiger partial charge in [-0.05, 0) is 0 Å². The second-order valence-electron chi connectivity index (χ2n) is 5.98. The highest BCUT2D eigenvalue weighted by molar-refractivity contribution is 5.65. The van der Waals surface area contributed by atoms with Gasteiger partial charge in [0.2, 0.25) is 6.29 Å². The first-order valence-electron chi connectivity index (χ1n) is 7.89. The fraction of sp³-hybridized carbons (Fsp3) is 0.714. The molecule has 25 heavy (non-hydrogen) atoms. The molecule has 3 unspecified atom stereocenters. The summed E-state index contributed by atoms with van der Waals surface area (Å²) in [5.41, 5.74) is -2.28. The molecule has 2 aliphatic heterocycles. The van der Waals surface area contributed by atoms with Gasteiger partial charge in [0.05, 0.1) is 38.5 Å². The Hall–Kier alpha value is -2.24. The predicted octanol–water partition coefficient (Wildman–Crippen LogP) is -2.76. The SMILES string of the molecule is CC(=O)OC(O)CCn1c(=O)n(CC2CO2)c(=O)n(CC2CO2)c1=O. The number of nitrogens with zero attached hydrogens (tertiary/aromatic N) is 3. The van der Waals surface area contributed by atoms with Crippen LogP contribution in [0.25, 0.3) is 0 Å². The smallest absolute Gasteiger partial charge is 0.336 e. The molecule has 3 rings (SSSR count). The van der Waals surface area contributed by atoms with Gasteiger partial charge in [-0.3, -0.25) is 4.79 Å². The van der Waals surface area contributed by atoms with Crippen molar-refractivity contribution in [3.05, 3.63) is 31.5 Å². The lowest BCUT2D eigenvalue weighted by molar-refractivity contribution is -0.166. The van der Waals surface area contributed by atoms with E-state index in [1.54, 1.807) is 0 Å². The molecule has 0 aromatic carbocycles. The van der Waals surface area contributed by atoms with Crippen LogP contribution < -0.4 is 17.1 Å². The molecule has 2 fully saturated rings. The van der Waals surface area contributed by atoms with Gasteiger partial charge in [0.15, 0.2) is 0 Å². The van der Waals surface area contributed by atoms with Crippen molar-refractivity contribution < 1.29 is 24.1 Å². The largest absolute Gasteiger partial charge is 0.436 e. The Labute approximate surface area is 141 Å². The summed E-state index contributed by atoms with van der Waals surface area (Å²) >= 11 is 0. The van der Waals surface area contributed by atoms with Gasteiger partial charge in [0.25, 0.3) is 0 Å². The van der Waals surface area contributed by atoms with E-state index in [1.165, 1.54) is 0 Å². The number of carbonyl (C=O) groups is 1. The van der Waals surface area contributed by atoms with E-state index >= 15 is 0 Å². The standard InChI is InChI=1S/C14H19N3O8/c1-8(18)25-11(19)2-3-15-12(20)16(4-9-6-23-9)14(22)17(13(15)21)5-10-7-24-10/h9-11,19H,2-7H2,1H3. The van der Waals surface area contributed by atoms with Crippen molar-refractivity contribution in [2.45, 2.75) is 51.5 Å². The molecule has 0 spiro atoms. The molecule has 11 heteroatoms. The lowest BCUT2D eigenvalue weighted by Gasteiger charge is -2.14. The monoisotopic (exact) mass is 357 g/mol. The maximum absolute atomic E-state index is 12.5. The quantitative estimate of drug-likeness (QED) is 0.300. The molecule has 0 bridgehead atoms. The van der Waals surface area contributed by atoms with Crippen molar-refractivity contribution in [2.24, 2.45) is 0 Å². The minimum atomic E-state index is -1.45. The third-order valence-corrected chi connectivity index (χ3v) is 3.86. The minimum absolute atomic E-state index is 0.0516. The van der Waals surface area contributed by atoms with E-state index in [-0.39, 0.29) is 38.3 Å². The van der Waals surface area contributed by atoms with Gasteiger partial charge in [-0.15, -0.1) is 0 Å². The molecule has 2 saturated heterocycles. The van der Waals surface area contributed by atoms with Gasteiger partial charge < -0.3 is 19.3 Å². The molecule has 3 heterocycles. The highest BCUT2D eigenvalue weighted by Gasteiger charge is 2.29. The number of esters is 1. The Kier molecular flexibility index (Phi) is 4.88. The molecular formula is C14H19N3O8. The molecule has 0 radical (unpaired) electrons. The van der Waals surface area contributed by atoms with Crippen LogP contribution in [0, 0.1) is 0 Å². The van der Waals surface area contributed by atoms with Crippen LogP contribution in [0.3, 0.4) is 0 Å². The lowest BCUT2D eigenvalue weighted by atomic mass is 10.4. The zero-order valence-electron chi connectivity index (χ0n) is 13.6. The van der Waals surface area contributed by atoms with Crippen LogP contribution in [-0.4, -0.2) is 56.5 Å². The highest BCUT2D eigenvalue weighted by Crippen LogP contribution is 2.10. The Morgan fingerprint density at radius 3 is 1.92 bits per heavy atom. The average molecular weight is 357 g/mol. The van der Waals surface area contributed by atoms with E-state index in [0.717, 1.165) is 20.6 Å². The molecule has 1 N–H and O–H groups in total. The zero-order chi connectivity index (χ0) is 18.1. The molecule has 0 amide bonds. The van der Waals surface area contributed by atoms with E-state index < -0.39 is 29.3 Å². The predicted molar refractivity (Wildman–Crippen MR) is 81.1 cm³/mol. The Morgan fingerprint density at radius 2 is 1.52 bits per heavy atom. The topological polar surface area (TPSA) is 138 Å². The van der Waals surface area contributed by atoms with Gasteiger partial charge >= 0.3 is 23.0 Å². The van der Waals surface area contributed by atoms with Gasteiger partial charge in [-0.2, -0.15) is 0 Å². The zero-order valence-corrected chi connectivity index (χ0v) is 13.6. The first-order chi connectivity index (χ1) is 11.9.